The van der Waals surface area contributed by atoms with Gasteiger partial charge in [-0.3, -0.25) is 4.79 Å². The number of carboxylic acids is 1. The number of aromatic nitrogens is 1. The van der Waals surface area contributed by atoms with Crippen LogP contribution < -0.4 is 4.74 Å². The van der Waals surface area contributed by atoms with Crippen LogP contribution >= 0.6 is 0 Å². The first-order valence-electron chi connectivity index (χ1n) is 6.85. The van der Waals surface area contributed by atoms with Crippen LogP contribution in [-0.4, -0.2) is 22.7 Å². The van der Waals surface area contributed by atoms with Gasteiger partial charge < -0.3 is 14.8 Å². The lowest BCUT2D eigenvalue weighted by molar-refractivity contribution is -0.148. The number of carbonyl (C=O) groups is 1. The Bertz CT molecular complexity index is 817. The molecule has 3 rings (SSSR count). The molecule has 0 fully saturated rings. The molecule has 4 nitrogen and oxygen atoms in total. The highest BCUT2D eigenvalue weighted by Gasteiger charge is 2.28. The molecule has 1 heterocycles. The SMILES string of the molecule is CC(C)(COc1cccc2[nH]c3ccccc3c12)C(=O)O. The third-order valence-electron chi connectivity index (χ3n) is 3.66. The minimum atomic E-state index is -0.922. The van der Waals surface area contributed by atoms with E-state index < -0.39 is 11.4 Å². The van der Waals surface area contributed by atoms with Crippen molar-refractivity contribution in [2.45, 2.75) is 13.8 Å². The maximum Gasteiger partial charge on any atom is 0.312 e. The van der Waals surface area contributed by atoms with Crippen LogP contribution in [0.15, 0.2) is 42.5 Å². The van der Waals surface area contributed by atoms with Gasteiger partial charge >= 0.3 is 5.97 Å². The Morgan fingerprint density at radius 3 is 2.62 bits per heavy atom. The molecule has 0 radical (unpaired) electrons. The van der Waals surface area contributed by atoms with Gasteiger partial charge in [0.2, 0.25) is 0 Å². The van der Waals surface area contributed by atoms with Crippen molar-refractivity contribution in [1.82, 2.24) is 4.98 Å². The largest absolute Gasteiger partial charge is 0.492 e. The summed E-state index contributed by atoms with van der Waals surface area (Å²) in [6, 6.07) is 13.8. The predicted octanol–water partition coefficient (Wildman–Crippen LogP) is 3.81. The molecule has 0 aliphatic rings. The third kappa shape index (κ3) is 2.33. The maximum atomic E-state index is 11.2. The van der Waals surface area contributed by atoms with E-state index in [0.717, 1.165) is 21.8 Å². The second-order valence-corrected chi connectivity index (χ2v) is 5.83. The molecule has 0 atom stereocenters. The van der Waals surface area contributed by atoms with Crippen LogP contribution in [0.5, 0.6) is 5.75 Å². The van der Waals surface area contributed by atoms with Gasteiger partial charge in [0.1, 0.15) is 12.4 Å². The smallest absolute Gasteiger partial charge is 0.312 e. The molecule has 4 heteroatoms. The molecule has 2 aromatic carbocycles. The molecule has 1 aromatic heterocycles. The average molecular weight is 283 g/mol. The van der Waals surface area contributed by atoms with E-state index in [9.17, 15) is 9.90 Å². The number of benzene rings is 2. The Hall–Kier alpha value is -2.49. The number of hydrogen-bond acceptors (Lipinski definition) is 2. The number of aliphatic carboxylic acids is 1. The van der Waals surface area contributed by atoms with Gasteiger partial charge in [0.15, 0.2) is 0 Å². The van der Waals surface area contributed by atoms with E-state index in [0.29, 0.717) is 5.75 Å². The van der Waals surface area contributed by atoms with Crippen molar-refractivity contribution in [2.75, 3.05) is 6.61 Å². The van der Waals surface area contributed by atoms with E-state index >= 15 is 0 Å². The van der Waals surface area contributed by atoms with E-state index in [1.54, 1.807) is 13.8 Å². The molecular formula is C17H17NO3. The fraction of sp³-hybridized carbons (Fsp3) is 0.235. The van der Waals surface area contributed by atoms with Crippen molar-refractivity contribution in [2.24, 2.45) is 5.41 Å². The summed E-state index contributed by atoms with van der Waals surface area (Å²) < 4.78 is 5.81. The molecule has 108 valence electrons. The Morgan fingerprint density at radius 2 is 1.86 bits per heavy atom. The quantitative estimate of drug-likeness (QED) is 0.765. The van der Waals surface area contributed by atoms with Gasteiger partial charge in [-0.2, -0.15) is 0 Å². The number of ether oxygens (including phenoxy) is 1. The molecular weight excluding hydrogens is 266 g/mol. The molecule has 0 aliphatic heterocycles. The van der Waals surface area contributed by atoms with Crippen LogP contribution in [0.4, 0.5) is 0 Å². The molecule has 0 unspecified atom stereocenters. The standard InChI is InChI=1S/C17H17NO3/c1-17(2,16(19)20)10-21-14-9-5-8-13-15(14)11-6-3-4-7-12(11)18-13/h3-9,18H,10H2,1-2H3,(H,19,20). The highest BCUT2D eigenvalue weighted by molar-refractivity contribution is 6.10. The molecule has 0 aliphatic carbocycles. The van der Waals surface area contributed by atoms with Gasteiger partial charge in [-0.05, 0) is 32.0 Å². The lowest BCUT2D eigenvalue weighted by Crippen LogP contribution is -2.30. The van der Waals surface area contributed by atoms with Gasteiger partial charge in [-0.1, -0.05) is 24.3 Å². The zero-order valence-electron chi connectivity index (χ0n) is 12.0. The summed E-state index contributed by atoms with van der Waals surface area (Å²) in [7, 11) is 0. The van der Waals surface area contributed by atoms with E-state index in [4.69, 9.17) is 4.74 Å². The zero-order chi connectivity index (χ0) is 15.0. The Balaban J connectivity index is 2.05. The second-order valence-electron chi connectivity index (χ2n) is 5.83. The number of fused-ring (bicyclic) bond motifs is 3. The number of carboxylic acid groups (broad SMARTS) is 1. The first-order valence-corrected chi connectivity index (χ1v) is 6.85. The maximum absolute atomic E-state index is 11.2. The molecule has 0 amide bonds. The summed E-state index contributed by atoms with van der Waals surface area (Å²) in [5.74, 6) is -0.159. The second kappa shape index (κ2) is 4.81. The number of rotatable bonds is 4. The summed E-state index contributed by atoms with van der Waals surface area (Å²) in [6.07, 6.45) is 0. The van der Waals surface area contributed by atoms with Crippen molar-refractivity contribution in [3.8, 4) is 5.75 Å². The fourth-order valence-corrected chi connectivity index (χ4v) is 2.31. The van der Waals surface area contributed by atoms with Crippen molar-refractivity contribution < 1.29 is 14.6 Å². The third-order valence-corrected chi connectivity index (χ3v) is 3.66. The van der Waals surface area contributed by atoms with Gasteiger partial charge in [0.25, 0.3) is 0 Å². The summed E-state index contributed by atoms with van der Waals surface area (Å²) in [6.45, 7) is 3.44. The summed E-state index contributed by atoms with van der Waals surface area (Å²) in [5.41, 5.74) is 1.11. The zero-order valence-corrected chi connectivity index (χ0v) is 12.0. The molecule has 3 aromatic rings. The van der Waals surface area contributed by atoms with Crippen molar-refractivity contribution >= 4 is 27.8 Å². The molecule has 2 N–H and O–H groups in total. The summed E-state index contributed by atoms with van der Waals surface area (Å²) in [5, 5.41) is 11.3. The summed E-state index contributed by atoms with van der Waals surface area (Å²) >= 11 is 0. The first kappa shape index (κ1) is 13.5. The van der Waals surface area contributed by atoms with Gasteiger partial charge in [0, 0.05) is 16.3 Å². The van der Waals surface area contributed by atoms with Crippen LogP contribution in [0, 0.1) is 5.41 Å². The number of H-pyrrole nitrogens is 1. The van der Waals surface area contributed by atoms with E-state index in [2.05, 4.69) is 4.98 Å². The van der Waals surface area contributed by atoms with Crippen LogP contribution in [0.2, 0.25) is 0 Å². The molecule has 0 spiro atoms. The molecule has 0 saturated carbocycles. The topological polar surface area (TPSA) is 62.3 Å². The highest BCUT2D eigenvalue weighted by atomic mass is 16.5. The lowest BCUT2D eigenvalue weighted by atomic mass is 9.95. The van der Waals surface area contributed by atoms with Gasteiger partial charge in [0.05, 0.1) is 10.9 Å². The molecule has 0 saturated heterocycles. The van der Waals surface area contributed by atoms with E-state index in [1.807, 2.05) is 42.5 Å². The van der Waals surface area contributed by atoms with Gasteiger partial charge in [-0.25, -0.2) is 0 Å². The highest BCUT2D eigenvalue weighted by Crippen LogP contribution is 2.33. The summed E-state index contributed by atoms with van der Waals surface area (Å²) in [4.78, 5) is 14.5. The Labute approximate surface area is 122 Å². The van der Waals surface area contributed by atoms with Gasteiger partial charge in [-0.15, -0.1) is 0 Å². The minimum Gasteiger partial charge on any atom is -0.492 e. The van der Waals surface area contributed by atoms with Crippen molar-refractivity contribution in [3.63, 3.8) is 0 Å². The number of nitrogens with one attached hydrogen (secondary N) is 1. The Morgan fingerprint density at radius 1 is 1.14 bits per heavy atom. The van der Waals surface area contributed by atoms with Crippen molar-refractivity contribution in [3.05, 3.63) is 42.5 Å². The van der Waals surface area contributed by atoms with Crippen molar-refractivity contribution in [1.29, 1.82) is 0 Å². The van der Waals surface area contributed by atoms with Crippen LogP contribution in [0.25, 0.3) is 21.8 Å². The number of hydrogen-bond donors (Lipinski definition) is 2. The average Bonchev–Trinajstić information content (AvgIpc) is 2.84. The number of para-hydroxylation sites is 1. The first-order chi connectivity index (χ1) is 9.99. The predicted molar refractivity (Wildman–Crippen MR) is 82.7 cm³/mol. The minimum absolute atomic E-state index is 0.126. The lowest BCUT2D eigenvalue weighted by Gasteiger charge is -2.19. The van der Waals surface area contributed by atoms with Crippen LogP contribution in [-0.2, 0) is 4.79 Å². The Kier molecular flexibility index (Phi) is 3.09. The number of aromatic amines is 1. The fourth-order valence-electron chi connectivity index (χ4n) is 2.31. The van der Waals surface area contributed by atoms with E-state index in [-0.39, 0.29) is 6.61 Å². The molecule has 0 bridgehead atoms. The molecule has 21 heavy (non-hydrogen) atoms. The van der Waals surface area contributed by atoms with Crippen LogP contribution in [0.1, 0.15) is 13.8 Å². The normalized spacial score (nSPS) is 11.9. The monoisotopic (exact) mass is 283 g/mol. The van der Waals surface area contributed by atoms with E-state index in [1.165, 1.54) is 0 Å². The van der Waals surface area contributed by atoms with Crippen LogP contribution in [0.3, 0.4) is 0 Å².